The minimum Gasteiger partial charge on any atom is -0.497 e. The molecule has 1 fully saturated rings. The third-order valence-corrected chi connectivity index (χ3v) is 7.33. The second-order valence-corrected chi connectivity index (χ2v) is 10.7. The van der Waals surface area contributed by atoms with Crippen LogP contribution < -0.4 is 14.8 Å². The second kappa shape index (κ2) is 12.8. The number of hydrogen-bond acceptors (Lipinski definition) is 5. The molecule has 3 aromatic rings. The Hall–Kier alpha value is -3.81. The van der Waals surface area contributed by atoms with Crippen LogP contribution in [0.1, 0.15) is 66.3 Å². The number of aromatic nitrogens is 2. The van der Waals surface area contributed by atoms with Crippen LogP contribution in [0.15, 0.2) is 48.5 Å². The predicted octanol–water partition coefficient (Wildman–Crippen LogP) is 5.23. The first-order valence-electron chi connectivity index (χ1n) is 13.7. The number of aryl methyl sites for hydroxylation is 2. The number of rotatable bonds is 10. The fourth-order valence-electron chi connectivity index (χ4n) is 5.19. The van der Waals surface area contributed by atoms with E-state index < -0.39 is 0 Å². The van der Waals surface area contributed by atoms with Gasteiger partial charge in [0.2, 0.25) is 5.91 Å². The summed E-state index contributed by atoms with van der Waals surface area (Å²) in [6.07, 6.45) is 3.63. The van der Waals surface area contributed by atoms with Crippen molar-refractivity contribution in [2.45, 2.75) is 51.9 Å². The SMILES string of the molecule is COc1ccc(CCC(=O)Nc2ccc(C3CCN(C(=O)c4cc(CC(C)C)nn4C)CC3)cc2)c(OC)c1. The number of anilines is 1. The molecule has 0 bridgehead atoms. The summed E-state index contributed by atoms with van der Waals surface area (Å²) in [6, 6.07) is 15.7. The summed E-state index contributed by atoms with van der Waals surface area (Å²) in [5, 5.41) is 7.52. The lowest BCUT2D eigenvalue weighted by Crippen LogP contribution is -2.38. The van der Waals surface area contributed by atoms with Crippen LogP contribution in [0.5, 0.6) is 11.5 Å². The zero-order valence-corrected chi connectivity index (χ0v) is 23.7. The summed E-state index contributed by atoms with van der Waals surface area (Å²) in [6.45, 7) is 5.76. The number of carbonyl (C=O) groups is 2. The maximum Gasteiger partial charge on any atom is 0.272 e. The van der Waals surface area contributed by atoms with Gasteiger partial charge in [-0.2, -0.15) is 5.10 Å². The van der Waals surface area contributed by atoms with E-state index in [1.54, 1.807) is 18.9 Å². The van der Waals surface area contributed by atoms with Gasteiger partial charge in [-0.05, 0) is 72.9 Å². The monoisotopic (exact) mass is 532 g/mol. The summed E-state index contributed by atoms with van der Waals surface area (Å²) in [5.41, 5.74) is 4.62. The molecule has 2 heterocycles. The van der Waals surface area contributed by atoms with Crippen molar-refractivity contribution >= 4 is 17.5 Å². The van der Waals surface area contributed by atoms with Crippen molar-refractivity contribution < 1.29 is 19.1 Å². The number of benzene rings is 2. The number of amides is 2. The van der Waals surface area contributed by atoms with Gasteiger partial charge in [-0.25, -0.2) is 0 Å². The van der Waals surface area contributed by atoms with Gasteiger partial charge >= 0.3 is 0 Å². The first-order chi connectivity index (χ1) is 18.8. The van der Waals surface area contributed by atoms with Gasteiger partial charge in [0.05, 0.1) is 19.9 Å². The number of ether oxygens (including phenoxy) is 2. The van der Waals surface area contributed by atoms with E-state index >= 15 is 0 Å². The minimum atomic E-state index is -0.0424. The average Bonchev–Trinajstić information content (AvgIpc) is 3.30. The highest BCUT2D eigenvalue weighted by atomic mass is 16.5. The maximum absolute atomic E-state index is 13.1. The molecule has 8 nitrogen and oxygen atoms in total. The lowest BCUT2D eigenvalue weighted by Gasteiger charge is -2.32. The Balaban J connectivity index is 1.26. The molecule has 0 spiro atoms. The molecule has 39 heavy (non-hydrogen) atoms. The molecule has 4 rings (SSSR count). The van der Waals surface area contributed by atoms with Crippen molar-refractivity contribution in [1.29, 1.82) is 0 Å². The van der Waals surface area contributed by atoms with Gasteiger partial charge in [-0.15, -0.1) is 0 Å². The van der Waals surface area contributed by atoms with Crippen LogP contribution in [0.3, 0.4) is 0 Å². The third-order valence-electron chi connectivity index (χ3n) is 7.33. The number of carbonyl (C=O) groups excluding carboxylic acids is 2. The lowest BCUT2D eigenvalue weighted by atomic mass is 9.89. The molecule has 0 unspecified atom stereocenters. The Morgan fingerprint density at radius 1 is 1.03 bits per heavy atom. The zero-order valence-electron chi connectivity index (χ0n) is 23.7. The van der Waals surface area contributed by atoms with Crippen LogP contribution in [0.4, 0.5) is 5.69 Å². The van der Waals surface area contributed by atoms with Crippen LogP contribution >= 0.6 is 0 Å². The van der Waals surface area contributed by atoms with E-state index in [9.17, 15) is 9.59 Å². The van der Waals surface area contributed by atoms with Crippen molar-refractivity contribution in [3.63, 3.8) is 0 Å². The number of hydrogen-bond donors (Lipinski definition) is 1. The predicted molar refractivity (Wildman–Crippen MR) is 153 cm³/mol. The van der Waals surface area contributed by atoms with Crippen LogP contribution in [0, 0.1) is 5.92 Å². The van der Waals surface area contributed by atoms with Crippen LogP contribution in [0.25, 0.3) is 0 Å². The average molecular weight is 533 g/mol. The van der Waals surface area contributed by atoms with Crippen molar-refractivity contribution in [1.82, 2.24) is 14.7 Å². The highest BCUT2D eigenvalue weighted by Gasteiger charge is 2.26. The normalized spacial score (nSPS) is 13.9. The highest BCUT2D eigenvalue weighted by molar-refractivity contribution is 5.93. The van der Waals surface area contributed by atoms with E-state index in [2.05, 4.69) is 36.4 Å². The molecule has 8 heteroatoms. The first kappa shape index (κ1) is 28.2. The van der Waals surface area contributed by atoms with Crippen molar-refractivity contribution in [3.05, 3.63) is 71.0 Å². The molecule has 1 N–H and O–H groups in total. The largest absolute Gasteiger partial charge is 0.497 e. The Bertz CT molecular complexity index is 1270. The fourth-order valence-corrected chi connectivity index (χ4v) is 5.19. The topological polar surface area (TPSA) is 85.7 Å². The smallest absolute Gasteiger partial charge is 0.272 e. The van der Waals surface area contributed by atoms with Crippen LogP contribution in [0.2, 0.25) is 0 Å². The van der Waals surface area contributed by atoms with Gasteiger partial charge < -0.3 is 19.7 Å². The van der Waals surface area contributed by atoms with Gasteiger partial charge in [0.1, 0.15) is 17.2 Å². The zero-order chi connectivity index (χ0) is 27.9. The molecule has 208 valence electrons. The summed E-state index contributed by atoms with van der Waals surface area (Å²) in [4.78, 5) is 27.6. The maximum atomic E-state index is 13.1. The molecule has 1 aliphatic heterocycles. The van der Waals surface area contributed by atoms with Gasteiger partial charge in [-0.1, -0.05) is 32.0 Å². The Kier molecular flexibility index (Phi) is 9.28. The Labute approximate surface area is 231 Å². The van der Waals surface area contributed by atoms with Gasteiger partial charge in [0, 0.05) is 38.3 Å². The van der Waals surface area contributed by atoms with E-state index in [0.717, 1.165) is 60.8 Å². The van der Waals surface area contributed by atoms with Crippen LogP contribution in [-0.2, 0) is 24.7 Å². The summed E-state index contributed by atoms with van der Waals surface area (Å²) < 4.78 is 12.4. The molecule has 0 aliphatic carbocycles. The molecule has 0 saturated carbocycles. The molecule has 1 aromatic heterocycles. The molecular weight excluding hydrogens is 492 g/mol. The van der Waals surface area contributed by atoms with Crippen molar-refractivity contribution in [2.24, 2.45) is 13.0 Å². The van der Waals surface area contributed by atoms with E-state index in [1.807, 2.05) is 48.3 Å². The molecule has 2 aromatic carbocycles. The van der Waals surface area contributed by atoms with Gasteiger partial charge in [0.15, 0.2) is 0 Å². The Morgan fingerprint density at radius 2 is 1.74 bits per heavy atom. The van der Waals surface area contributed by atoms with Crippen molar-refractivity contribution in [3.8, 4) is 11.5 Å². The lowest BCUT2D eigenvalue weighted by molar-refractivity contribution is -0.116. The number of nitrogens with zero attached hydrogens (tertiary/aromatic N) is 3. The van der Waals surface area contributed by atoms with E-state index in [0.29, 0.717) is 30.4 Å². The van der Waals surface area contributed by atoms with Gasteiger partial charge in [-0.3, -0.25) is 14.3 Å². The molecule has 1 aliphatic rings. The number of piperidine rings is 1. The third kappa shape index (κ3) is 7.19. The molecule has 1 saturated heterocycles. The van der Waals surface area contributed by atoms with E-state index in [4.69, 9.17) is 9.47 Å². The number of methoxy groups -OCH3 is 2. The summed E-state index contributed by atoms with van der Waals surface area (Å²) in [7, 11) is 5.08. The molecule has 2 amide bonds. The molecular formula is C31H40N4O4. The summed E-state index contributed by atoms with van der Waals surface area (Å²) >= 11 is 0. The summed E-state index contributed by atoms with van der Waals surface area (Å²) in [5.74, 6) is 2.35. The quantitative estimate of drug-likeness (QED) is 0.387. The van der Waals surface area contributed by atoms with Crippen molar-refractivity contribution in [2.75, 3.05) is 32.6 Å². The number of nitrogens with one attached hydrogen (secondary N) is 1. The second-order valence-electron chi connectivity index (χ2n) is 10.7. The standard InChI is InChI=1S/C31H40N4O4/c1-21(2)18-26-19-28(34(3)33-26)31(37)35-16-14-23(15-17-35)22-6-10-25(11-7-22)32-30(36)13-9-24-8-12-27(38-4)20-29(24)39-5/h6-8,10-12,19-21,23H,9,13-18H2,1-5H3,(H,32,36). The number of likely N-dealkylation sites (tertiary alicyclic amines) is 1. The van der Waals surface area contributed by atoms with Gasteiger partial charge in [0.25, 0.3) is 5.91 Å². The molecule has 0 atom stereocenters. The van der Waals surface area contributed by atoms with Crippen LogP contribution in [-0.4, -0.2) is 53.8 Å². The van der Waals surface area contributed by atoms with E-state index in [-0.39, 0.29) is 11.8 Å². The minimum absolute atomic E-state index is 0.0424. The first-order valence-corrected chi connectivity index (χ1v) is 13.7. The highest BCUT2D eigenvalue weighted by Crippen LogP contribution is 2.30. The van der Waals surface area contributed by atoms with E-state index in [1.165, 1.54) is 5.56 Å². The Morgan fingerprint density at radius 3 is 2.38 bits per heavy atom. The molecule has 0 radical (unpaired) electrons. The fraction of sp³-hybridized carbons (Fsp3) is 0.452.